The molecule has 1 N–H and O–H groups in total. The summed E-state index contributed by atoms with van der Waals surface area (Å²) in [5.41, 5.74) is 1.35. The molecule has 0 aromatic rings. The monoisotopic (exact) mass is 184 g/mol. The van der Waals surface area contributed by atoms with Gasteiger partial charge < -0.3 is 9.84 Å². The summed E-state index contributed by atoms with van der Waals surface area (Å²) < 4.78 is 5.39. The summed E-state index contributed by atoms with van der Waals surface area (Å²) >= 11 is 0. The minimum absolute atomic E-state index is 0.0236. The maximum atomic E-state index is 8.85. The Balaban J connectivity index is 2.11. The molecule has 0 saturated carbocycles. The number of aliphatic hydroxyl groups is 1. The molecule has 0 unspecified atom stereocenters. The maximum Gasteiger partial charge on any atom is 0.110 e. The molecule has 1 heterocycles. The SMILES string of the molecule is CC(C)=CCCC[C@]1(C)O[C@H]1CO. The second-order valence-electron chi connectivity index (χ2n) is 4.28. The smallest absolute Gasteiger partial charge is 0.110 e. The van der Waals surface area contributed by atoms with Crippen LogP contribution < -0.4 is 0 Å². The van der Waals surface area contributed by atoms with Crippen LogP contribution in [0.5, 0.6) is 0 Å². The first-order valence-corrected chi connectivity index (χ1v) is 5.00. The second kappa shape index (κ2) is 4.25. The zero-order valence-corrected chi connectivity index (χ0v) is 8.84. The van der Waals surface area contributed by atoms with Gasteiger partial charge in [-0.15, -0.1) is 0 Å². The van der Waals surface area contributed by atoms with Crippen LogP contribution in [0.2, 0.25) is 0 Å². The molecule has 0 radical (unpaired) electrons. The Morgan fingerprint density at radius 3 is 2.69 bits per heavy atom. The molecule has 1 rings (SSSR count). The highest BCUT2D eigenvalue weighted by Gasteiger charge is 2.50. The van der Waals surface area contributed by atoms with Gasteiger partial charge in [-0.05, 0) is 40.0 Å². The van der Waals surface area contributed by atoms with Gasteiger partial charge in [-0.3, -0.25) is 0 Å². The Bertz CT molecular complexity index is 194. The van der Waals surface area contributed by atoms with Crippen LogP contribution in [0.1, 0.15) is 40.0 Å². The van der Waals surface area contributed by atoms with E-state index in [-0.39, 0.29) is 18.3 Å². The Morgan fingerprint density at radius 1 is 1.54 bits per heavy atom. The lowest BCUT2D eigenvalue weighted by atomic mass is 10.0. The van der Waals surface area contributed by atoms with Crippen molar-refractivity contribution >= 4 is 0 Å². The van der Waals surface area contributed by atoms with Gasteiger partial charge in [-0.1, -0.05) is 11.6 Å². The quantitative estimate of drug-likeness (QED) is 0.404. The summed E-state index contributed by atoms with van der Waals surface area (Å²) in [6, 6.07) is 0. The van der Waals surface area contributed by atoms with E-state index in [9.17, 15) is 0 Å². The molecule has 1 saturated heterocycles. The molecule has 1 aliphatic heterocycles. The molecule has 0 aromatic carbocycles. The Kier molecular flexibility index (Phi) is 3.51. The van der Waals surface area contributed by atoms with Crippen molar-refractivity contribution in [1.82, 2.24) is 0 Å². The van der Waals surface area contributed by atoms with E-state index in [4.69, 9.17) is 9.84 Å². The Morgan fingerprint density at radius 2 is 2.23 bits per heavy atom. The fraction of sp³-hybridized carbons (Fsp3) is 0.818. The summed E-state index contributed by atoms with van der Waals surface area (Å²) in [5, 5.41) is 8.85. The fourth-order valence-electron chi connectivity index (χ4n) is 1.59. The van der Waals surface area contributed by atoms with Crippen molar-refractivity contribution in [2.45, 2.75) is 51.7 Å². The number of rotatable bonds is 5. The van der Waals surface area contributed by atoms with Crippen LogP contribution in [-0.2, 0) is 4.74 Å². The molecule has 2 heteroatoms. The Hall–Kier alpha value is -0.340. The van der Waals surface area contributed by atoms with Gasteiger partial charge in [0, 0.05) is 0 Å². The van der Waals surface area contributed by atoms with E-state index in [0.717, 1.165) is 19.3 Å². The largest absolute Gasteiger partial charge is 0.394 e. The van der Waals surface area contributed by atoms with Gasteiger partial charge in [0.05, 0.1) is 12.2 Å². The fourth-order valence-corrected chi connectivity index (χ4v) is 1.59. The first-order valence-electron chi connectivity index (χ1n) is 5.00. The van der Waals surface area contributed by atoms with Crippen molar-refractivity contribution in [1.29, 1.82) is 0 Å². The van der Waals surface area contributed by atoms with Gasteiger partial charge in [0.1, 0.15) is 6.10 Å². The lowest BCUT2D eigenvalue weighted by Gasteiger charge is -2.03. The van der Waals surface area contributed by atoms with E-state index in [0.29, 0.717) is 0 Å². The third kappa shape index (κ3) is 3.12. The van der Waals surface area contributed by atoms with Crippen LogP contribution in [0.15, 0.2) is 11.6 Å². The van der Waals surface area contributed by atoms with E-state index in [1.54, 1.807) is 0 Å². The first kappa shape index (κ1) is 10.7. The zero-order chi connectivity index (χ0) is 9.90. The average molecular weight is 184 g/mol. The van der Waals surface area contributed by atoms with Crippen molar-refractivity contribution in [3.8, 4) is 0 Å². The summed E-state index contributed by atoms with van der Waals surface area (Å²) in [6.07, 6.45) is 5.68. The van der Waals surface area contributed by atoms with Crippen LogP contribution in [0.25, 0.3) is 0 Å². The van der Waals surface area contributed by atoms with Crippen LogP contribution >= 0.6 is 0 Å². The molecular weight excluding hydrogens is 164 g/mol. The summed E-state index contributed by atoms with van der Waals surface area (Å²) in [4.78, 5) is 0. The number of hydrogen-bond donors (Lipinski definition) is 1. The summed E-state index contributed by atoms with van der Waals surface area (Å²) in [5.74, 6) is 0. The second-order valence-corrected chi connectivity index (χ2v) is 4.28. The third-order valence-electron chi connectivity index (χ3n) is 2.63. The predicted octanol–water partition coefficient (Wildman–Crippen LogP) is 2.27. The third-order valence-corrected chi connectivity index (χ3v) is 2.63. The number of allylic oxidation sites excluding steroid dienone is 2. The minimum atomic E-state index is -0.0236. The summed E-state index contributed by atoms with van der Waals surface area (Å²) in [6.45, 7) is 6.48. The molecule has 1 fully saturated rings. The van der Waals surface area contributed by atoms with E-state index in [2.05, 4.69) is 26.8 Å². The molecule has 1 aliphatic rings. The highest BCUT2D eigenvalue weighted by atomic mass is 16.6. The van der Waals surface area contributed by atoms with E-state index in [1.165, 1.54) is 5.57 Å². The lowest BCUT2D eigenvalue weighted by Crippen LogP contribution is -2.11. The normalized spacial score (nSPS) is 31.5. The zero-order valence-electron chi connectivity index (χ0n) is 8.84. The first-order chi connectivity index (χ1) is 6.08. The van der Waals surface area contributed by atoms with Crippen molar-refractivity contribution in [3.63, 3.8) is 0 Å². The topological polar surface area (TPSA) is 32.8 Å². The predicted molar refractivity (Wildman–Crippen MR) is 53.6 cm³/mol. The lowest BCUT2D eigenvalue weighted by molar-refractivity contribution is 0.234. The number of hydrogen-bond acceptors (Lipinski definition) is 2. The van der Waals surface area contributed by atoms with Crippen LogP contribution in [0, 0.1) is 0 Å². The standard InChI is InChI=1S/C11H20O2/c1-9(2)6-4-5-7-11(3)10(8-12)13-11/h6,10,12H,4-5,7-8H2,1-3H3/t10-,11-/m0/s1. The molecule has 0 bridgehead atoms. The van der Waals surface area contributed by atoms with Gasteiger partial charge in [0.15, 0.2) is 0 Å². The van der Waals surface area contributed by atoms with Crippen molar-refractivity contribution in [2.24, 2.45) is 0 Å². The van der Waals surface area contributed by atoms with Crippen LogP contribution in [-0.4, -0.2) is 23.4 Å². The molecule has 0 spiro atoms. The molecule has 0 amide bonds. The van der Waals surface area contributed by atoms with Gasteiger partial charge in [0.2, 0.25) is 0 Å². The van der Waals surface area contributed by atoms with Gasteiger partial charge in [-0.2, -0.15) is 0 Å². The van der Waals surface area contributed by atoms with Crippen LogP contribution in [0.4, 0.5) is 0 Å². The minimum Gasteiger partial charge on any atom is -0.394 e. The van der Waals surface area contributed by atoms with E-state index >= 15 is 0 Å². The number of ether oxygens (including phenoxy) is 1. The molecule has 76 valence electrons. The van der Waals surface area contributed by atoms with Crippen LogP contribution in [0.3, 0.4) is 0 Å². The van der Waals surface area contributed by atoms with Gasteiger partial charge in [-0.25, -0.2) is 0 Å². The van der Waals surface area contributed by atoms with Crippen molar-refractivity contribution < 1.29 is 9.84 Å². The van der Waals surface area contributed by atoms with Gasteiger partial charge in [0.25, 0.3) is 0 Å². The average Bonchev–Trinajstić information content (AvgIpc) is 2.72. The number of epoxide rings is 1. The van der Waals surface area contributed by atoms with E-state index in [1.807, 2.05) is 0 Å². The molecular formula is C11H20O2. The van der Waals surface area contributed by atoms with Crippen molar-refractivity contribution in [2.75, 3.05) is 6.61 Å². The molecule has 13 heavy (non-hydrogen) atoms. The Labute approximate surface area is 80.6 Å². The molecule has 0 aromatic heterocycles. The number of aliphatic hydroxyl groups excluding tert-OH is 1. The van der Waals surface area contributed by atoms with Crippen molar-refractivity contribution in [3.05, 3.63) is 11.6 Å². The molecule has 2 atom stereocenters. The maximum absolute atomic E-state index is 8.85. The van der Waals surface area contributed by atoms with E-state index < -0.39 is 0 Å². The number of unbranched alkanes of at least 4 members (excludes halogenated alkanes) is 1. The molecule has 0 aliphatic carbocycles. The summed E-state index contributed by atoms with van der Waals surface area (Å²) in [7, 11) is 0. The molecule has 2 nitrogen and oxygen atoms in total. The van der Waals surface area contributed by atoms with Gasteiger partial charge >= 0.3 is 0 Å². The highest BCUT2D eigenvalue weighted by molar-refractivity contribution is 4.99. The highest BCUT2D eigenvalue weighted by Crippen LogP contribution is 2.40.